The van der Waals surface area contributed by atoms with Crippen molar-refractivity contribution >= 4 is 34.0 Å². The summed E-state index contributed by atoms with van der Waals surface area (Å²) in [5.41, 5.74) is 9.72. The van der Waals surface area contributed by atoms with Crippen molar-refractivity contribution in [3.63, 3.8) is 0 Å². The van der Waals surface area contributed by atoms with Crippen molar-refractivity contribution in [1.82, 2.24) is 4.90 Å². The van der Waals surface area contributed by atoms with E-state index < -0.39 is 0 Å². The van der Waals surface area contributed by atoms with Gasteiger partial charge in [-0.2, -0.15) is 0 Å². The molecule has 8 nitrogen and oxygen atoms in total. The van der Waals surface area contributed by atoms with Gasteiger partial charge in [-0.3, -0.25) is 9.89 Å². The highest BCUT2D eigenvalue weighted by Crippen LogP contribution is 2.39. The predicted molar refractivity (Wildman–Crippen MR) is 163 cm³/mol. The fourth-order valence-electron chi connectivity index (χ4n) is 5.34. The van der Waals surface area contributed by atoms with E-state index in [2.05, 4.69) is 39.1 Å². The Morgan fingerprint density at radius 3 is 2.45 bits per heavy atom. The topological polar surface area (TPSA) is 79.7 Å². The normalized spacial score (nSPS) is 14.5. The summed E-state index contributed by atoms with van der Waals surface area (Å²) in [6.45, 7) is 5.37. The molecular weight excluding hydrogens is 502 g/mol. The van der Waals surface area contributed by atoms with Crippen molar-refractivity contribution in [2.75, 3.05) is 63.8 Å². The first kappa shape index (κ1) is 27.4. The van der Waals surface area contributed by atoms with Gasteiger partial charge >= 0.3 is 0 Å². The molecule has 0 radical (unpaired) electrons. The third kappa shape index (κ3) is 6.02. The zero-order chi connectivity index (χ0) is 27.9. The number of ether oxygens (including phenoxy) is 2. The molecule has 210 valence electrons. The van der Waals surface area contributed by atoms with Gasteiger partial charge in [-0.05, 0) is 73.8 Å². The van der Waals surface area contributed by atoms with E-state index >= 15 is 0 Å². The van der Waals surface area contributed by atoms with Crippen LogP contribution < -0.4 is 25.0 Å². The highest BCUT2D eigenvalue weighted by atomic mass is 16.5. The predicted octanol–water partition coefficient (Wildman–Crippen LogP) is 5.68. The van der Waals surface area contributed by atoms with Crippen molar-refractivity contribution in [3.05, 3.63) is 78.6 Å². The molecule has 0 unspecified atom stereocenters. The molecule has 1 aromatic heterocycles. The number of fused-ring (bicyclic) bond motifs is 1. The van der Waals surface area contributed by atoms with Crippen LogP contribution in [0.3, 0.4) is 0 Å². The zero-order valence-electron chi connectivity index (χ0n) is 23.7. The van der Waals surface area contributed by atoms with E-state index in [9.17, 15) is 0 Å². The third-order valence-electron chi connectivity index (χ3n) is 7.63. The molecule has 0 saturated carbocycles. The van der Waals surface area contributed by atoms with Crippen LogP contribution in [0, 0.1) is 0 Å². The average molecular weight is 542 g/mol. The molecule has 4 aromatic rings. The Hall–Kier alpha value is -4.17. The lowest BCUT2D eigenvalue weighted by molar-refractivity contribution is 0.253. The number of hydrogen-bond acceptors (Lipinski definition) is 6. The van der Waals surface area contributed by atoms with Gasteiger partial charge in [0.1, 0.15) is 17.8 Å². The standard InChI is InChI=1S/C32H39N5O3/c1-34-32(33)37(31-28-10-5-4-9-25(28)23-40-31)29-22-24(11-16-30(29)39-3)8-6-7-17-35-18-20-36(21-19-35)26-12-14-27(38-2)15-13-26/h4-5,9-16,22-23H,6-8,17-21H2,1-3H3,(H2,33,34). The van der Waals surface area contributed by atoms with Crippen LogP contribution in [0.1, 0.15) is 18.4 Å². The summed E-state index contributed by atoms with van der Waals surface area (Å²) in [5, 5.41) is 1.97. The fourth-order valence-corrected chi connectivity index (χ4v) is 5.34. The molecule has 0 aliphatic carbocycles. The second kappa shape index (κ2) is 12.8. The number of rotatable bonds is 10. The Morgan fingerprint density at radius 1 is 0.950 bits per heavy atom. The summed E-state index contributed by atoms with van der Waals surface area (Å²) in [6, 6.07) is 22.7. The van der Waals surface area contributed by atoms with Gasteiger partial charge in [0.15, 0.2) is 0 Å². The molecule has 1 fully saturated rings. The van der Waals surface area contributed by atoms with Gasteiger partial charge in [0.25, 0.3) is 0 Å². The van der Waals surface area contributed by atoms with Crippen LogP contribution in [0.15, 0.2) is 82.4 Å². The Balaban J connectivity index is 1.20. The number of methoxy groups -OCH3 is 2. The van der Waals surface area contributed by atoms with E-state index in [4.69, 9.17) is 19.6 Å². The Kier molecular flexibility index (Phi) is 8.76. The lowest BCUT2D eigenvalue weighted by Crippen LogP contribution is -2.46. The van der Waals surface area contributed by atoms with E-state index in [1.54, 1.807) is 27.5 Å². The van der Waals surface area contributed by atoms with E-state index in [1.807, 2.05) is 47.4 Å². The Bertz CT molecular complexity index is 1420. The molecule has 5 rings (SSSR count). The van der Waals surface area contributed by atoms with Crippen LogP contribution in [0.25, 0.3) is 10.8 Å². The number of benzene rings is 3. The maximum absolute atomic E-state index is 6.42. The van der Waals surface area contributed by atoms with Crippen LogP contribution in [0.2, 0.25) is 0 Å². The van der Waals surface area contributed by atoms with Crippen molar-refractivity contribution in [2.45, 2.75) is 19.3 Å². The van der Waals surface area contributed by atoms with Crippen LogP contribution in [0.4, 0.5) is 17.3 Å². The van der Waals surface area contributed by atoms with E-state index in [0.717, 1.165) is 74.2 Å². The molecular formula is C32H39N5O3. The van der Waals surface area contributed by atoms with Gasteiger partial charge in [0.05, 0.1) is 19.9 Å². The minimum Gasteiger partial charge on any atom is -0.497 e. The molecule has 40 heavy (non-hydrogen) atoms. The van der Waals surface area contributed by atoms with E-state index in [-0.39, 0.29) is 0 Å². The van der Waals surface area contributed by atoms with Crippen molar-refractivity contribution in [3.8, 4) is 11.5 Å². The van der Waals surface area contributed by atoms with Gasteiger partial charge in [0, 0.05) is 49.7 Å². The quantitative estimate of drug-likeness (QED) is 0.157. The Morgan fingerprint density at radius 2 is 1.73 bits per heavy atom. The van der Waals surface area contributed by atoms with Crippen LogP contribution in [0.5, 0.6) is 11.5 Å². The number of piperazine rings is 1. The minimum absolute atomic E-state index is 0.337. The van der Waals surface area contributed by atoms with Gasteiger partial charge in [-0.15, -0.1) is 0 Å². The molecule has 1 saturated heterocycles. The number of aryl methyl sites for hydroxylation is 1. The lowest BCUT2D eigenvalue weighted by atomic mass is 10.1. The number of nitrogens with zero attached hydrogens (tertiary/aromatic N) is 4. The first-order valence-electron chi connectivity index (χ1n) is 13.9. The van der Waals surface area contributed by atoms with Crippen molar-refractivity contribution in [2.24, 2.45) is 10.7 Å². The molecule has 1 aliphatic rings. The number of hydrogen-bond donors (Lipinski definition) is 1. The zero-order valence-corrected chi connectivity index (χ0v) is 23.7. The summed E-state index contributed by atoms with van der Waals surface area (Å²) in [5.74, 6) is 2.58. The number of unbranched alkanes of at least 4 members (excludes halogenated alkanes) is 1. The average Bonchev–Trinajstić information content (AvgIpc) is 3.43. The van der Waals surface area contributed by atoms with Gasteiger partial charge in [-0.1, -0.05) is 24.3 Å². The summed E-state index contributed by atoms with van der Waals surface area (Å²) >= 11 is 0. The molecule has 0 atom stereocenters. The third-order valence-corrected chi connectivity index (χ3v) is 7.63. The van der Waals surface area contributed by atoms with Crippen LogP contribution in [-0.4, -0.2) is 64.9 Å². The highest BCUT2D eigenvalue weighted by molar-refractivity contribution is 6.08. The largest absolute Gasteiger partial charge is 0.497 e. The SMILES string of the molecule is CN=C(N)N(c1cc(CCCCN2CCN(c3ccc(OC)cc3)CC2)ccc1OC)c1occ2ccccc12. The Labute approximate surface area is 236 Å². The molecule has 0 amide bonds. The molecule has 2 N–H and O–H groups in total. The minimum atomic E-state index is 0.337. The highest BCUT2D eigenvalue weighted by Gasteiger charge is 2.23. The monoisotopic (exact) mass is 541 g/mol. The molecule has 3 aromatic carbocycles. The smallest absolute Gasteiger partial charge is 0.214 e. The van der Waals surface area contributed by atoms with Gasteiger partial charge in [-0.25, -0.2) is 4.90 Å². The molecule has 8 heteroatoms. The van der Waals surface area contributed by atoms with E-state index in [1.165, 1.54) is 11.3 Å². The first-order valence-corrected chi connectivity index (χ1v) is 13.9. The van der Waals surface area contributed by atoms with Gasteiger partial charge < -0.3 is 24.5 Å². The first-order chi connectivity index (χ1) is 19.6. The molecule has 0 spiro atoms. The number of aliphatic imine (C=N–C) groups is 1. The number of anilines is 3. The summed E-state index contributed by atoms with van der Waals surface area (Å²) in [6.07, 6.45) is 4.97. The number of guanidine groups is 1. The fraction of sp³-hybridized carbons (Fsp3) is 0.344. The molecule has 0 bridgehead atoms. The van der Waals surface area contributed by atoms with Crippen LogP contribution in [-0.2, 0) is 6.42 Å². The summed E-state index contributed by atoms with van der Waals surface area (Å²) < 4.78 is 17.0. The lowest BCUT2D eigenvalue weighted by Gasteiger charge is -2.36. The maximum atomic E-state index is 6.42. The van der Waals surface area contributed by atoms with Crippen molar-refractivity contribution in [1.29, 1.82) is 0 Å². The number of furan rings is 1. The van der Waals surface area contributed by atoms with Gasteiger partial charge in [0.2, 0.25) is 11.8 Å². The molecule has 1 aliphatic heterocycles. The second-order valence-corrected chi connectivity index (χ2v) is 10.0. The number of nitrogens with two attached hydrogens (primary N) is 1. The maximum Gasteiger partial charge on any atom is 0.214 e. The van der Waals surface area contributed by atoms with Crippen molar-refractivity contribution < 1.29 is 13.9 Å². The van der Waals surface area contributed by atoms with E-state index in [0.29, 0.717) is 17.6 Å². The second-order valence-electron chi connectivity index (χ2n) is 10.0. The molecule has 2 heterocycles. The van der Waals surface area contributed by atoms with Crippen LogP contribution >= 0.6 is 0 Å². The summed E-state index contributed by atoms with van der Waals surface area (Å²) in [4.78, 5) is 11.1. The summed E-state index contributed by atoms with van der Waals surface area (Å²) in [7, 11) is 5.06.